The van der Waals surface area contributed by atoms with Crippen LogP contribution in [0.3, 0.4) is 0 Å². The first-order valence-corrected chi connectivity index (χ1v) is 4.53. The first-order valence-electron chi connectivity index (χ1n) is 4.53. The van der Waals surface area contributed by atoms with E-state index < -0.39 is 0 Å². The Balaban J connectivity index is 2.29. The number of hydrogen-bond acceptors (Lipinski definition) is 2. The fourth-order valence-electron chi connectivity index (χ4n) is 1.87. The van der Waals surface area contributed by atoms with Crippen LogP contribution in [0.5, 0.6) is 0 Å². The van der Waals surface area contributed by atoms with Gasteiger partial charge in [-0.05, 0) is 32.9 Å². The predicted molar refractivity (Wildman–Crippen MR) is 46.5 cm³/mol. The standard InChI is InChI=1S/C9H19NO/c1-10(2)7-8-5-3-4-6-9(8)11/h8-9,11H,3-7H2,1-2H3. The molecule has 0 amide bonds. The highest BCUT2D eigenvalue weighted by atomic mass is 16.3. The molecule has 1 saturated carbocycles. The second-order valence-corrected chi connectivity index (χ2v) is 3.87. The normalized spacial score (nSPS) is 32.7. The summed E-state index contributed by atoms with van der Waals surface area (Å²) >= 11 is 0. The van der Waals surface area contributed by atoms with Gasteiger partial charge in [-0.1, -0.05) is 12.8 Å². The molecule has 1 aliphatic rings. The van der Waals surface area contributed by atoms with Crippen molar-refractivity contribution in [2.75, 3.05) is 20.6 Å². The number of nitrogens with zero attached hydrogens (tertiary/aromatic N) is 1. The van der Waals surface area contributed by atoms with Crippen molar-refractivity contribution in [2.24, 2.45) is 5.92 Å². The Morgan fingerprint density at radius 2 is 1.91 bits per heavy atom. The topological polar surface area (TPSA) is 23.5 Å². The Morgan fingerprint density at radius 3 is 2.45 bits per heavy atom. The molecule has 0 aliphatic heterocycles. The number of aliphatic hydroxyl groups is 1. The molecule has 0 saturated heterocycles. The summed E-state index contributed by atoms with van der Waals surface area (Å²) in [5, 5.41) is 9.59. The molecule has 1 N–H and O–H groups in total. The molecule has 0 aromatic carbocycles. The van der Waals surface area contributed by atoms with Gasteiger partial charge in [0.25, 0.3) is 0 Å². The molecule has 0 heterocycles. The third kappa shape index (κ3) is 2.80. The van der Waals surface area contributed by atoms with Crippen molar-refractivity contribution in [2.45, 2.75) is 31.8 Å². The van der Waals surface area contributed by atoms with E-state index >= 15 is 0 Å². The van der Waals surface area contributed by atoms with Crippen LogP contribution in [-0.4, -0.2) is 36.8 Å². The van der Waals surface area contributed by atoms with E-state index in [1.807, 2.05) is 0 Å². The average Bonchev–Trinajstić information content (AvgIpc) is 1.93. The summed E-state index contributed by atoms with van der Waals surface area (Å²) in [5.74, 6) is 0.527. The minimum atomic E-state index is -0.0360. The van der Waals surface area contributed by atoms with Gasteiger partial charge in [-0.25, -0.2) is 0 Å². The molecule has 2 atom stereocenters. The molecular weight excluding hydrogens is 138 g/mol. The molecule has 0 aromatic rings. The Kier molecular flexibility index (Phi) is 3.34. The van der Waals surface area contributed by atoms with Crippen molar-refractivity contribution in [3.05, 3.63) is 0 Å². The molecule has 66 valence electrons. The third-order valence-electron chi connectivity index (χ3n) is 2.47. The van der Waals surface area contributed by atoms with Crippen LogP contribution in [-0.2, 0) is 0 Å². The molecule has 11 heavy (non-hydrogen) atoms. The van der Waals surface area contributed by atoms with Gasteiger partial charge in [-0.15, -0.1) is 0 Å². The Bertz CT molecular complexity index is 114. The van der Waals surface area contributed by atoms with Gasteiger partial charge in [0.05, 0.1) is 6.10 Å². The van der Waals surface area contributed by atoms with Crippen LogP contribution in [0.25, 0.3) is 0 Å². The zero-order valence-electron chi connectivity index (χ0n) is 7.58. The summed E-state index contributed by atoms with van der Waals surface area (Å²) < 4.78 is 0. The minimum Gasteiger partial charge on any atom is -0.393 e. The molecular formula is C9H19NO. The molecule has 2 unspecified atom stereocenters. The maximum atomic E-state index is 9.59. The average molecular weight is 157 g/mol. The quantitative estimate of drug-likeness (QED) is 0.649. The molecule has 2 heteroatoms. The predicted octanol–water partition coefficient (Wildman–Crippen LogP) is 1.10. The smallest absolute Gasteiger partial charge is 0.0580 e. The monoisotopic (exact) mass is 157 g/mol. The summed E-state index contributed by atoms with van der Waals surface area (Å²) in [4.78, 5) is 2.17. The van der Waals surface area contributed by atoms with Gasteiger partial charge in [0, 0.05) is 6.54 Å². The maximum Gasteiger partial charge on any atom is 0.0580 e. The largest absolute Gasteiger partial charge is 0.393 e. The van der Waals surface area contributed by atoms with E-state index in [2.05, 4.69) is 19.0 Å². The summed E-state index contributed by atoms with van der Waals surface area (Å²) in [6.45, 7) is 1.04. The fourth-order valence-corrected chi connectivity index (χ4v) is 1.87. The highest BCUT2D eigenvalue weighted by Gasteiger charge is 2.22. The molecule has 2 nitrogen and oxygen atoms in total. The van der Waals surface area contributed by atoms with Crippen molar-refractivity contribution in [3.8, 4) is 0 Å². The summed E-state index contributed by atoms with van der Waals surface area (Å²) in [7, 11) is 4.14. The molecule has 1 fully saturated rings. The second-order valence-electron chi connectivity index (χ2n) is 3.87. The highest BCUT2D eigenvalue weighted by molar-refractivity contribution is 4.75. The first-order chi connectivity index (χ1) is 5.20. The maximum absolute atomic E-state index is 9.59. The van der Waals surface area contributed by atoms with E-state index in [1.165, 1.54) is 19.3 Å². The zero-order chi connectivity index (χ0) is 8.27. The molecule has 0 radical (unpaired) electrons. The van der Waals surface area contributed by atoms with Crippen LogP contribution in [0, 0.1) is 5.92 Å². The van der Waals surface area contributed by atoms with Crippen LogP contribution in [0.2, 0.25) is 0 Å². The molecule has 1 rings (SSSR count). The van der Waals surface area contributed by atoms with Gasteiger partial charge < -0.3 is 10.0 Å². The minimum absolute atomic E-state index is 0.0360. The van der Waals surface area contributed by atoms with Crippen LogP contribution in [0.4, 0.5) is 0 Å². The van der Waals surface area contributed by atoms with Crippen molar-refractivity contribution in [3.63, 3.8) is 0 Å². The lowest BCUT2D eigenvalue weighted by Gasteiger charge is -2.29. The van der Waals surface area contributed by atoms with Gasteiger partial charge in [0.2, 0.25) is 0 Å². The van der Waals surface area contributed by atoms with Crippen molar-refractivity contribution in [1.29, 1.82) is 0 Å². The van der Waals surface area contributed by atoms with E-state index in [1.54, 1.807) is 0 Å². The summed E-state index contributed by atoms with van der Waals surface area (Å²) in [5.41, 5.74) is 0. The fraction of sp³-hybridized carbons (Fsp3) is 1.00. The highest BCUT2D eigenvalue weighted by Crippen LogP contribution is 2.24. The van der Waals surface area contributed by atoms with E-state index in [4.69, 9.17) is 0 Å². The Hall–Kier alpha value is -0.0800. The van der Waals surface area contributed by atoms with Crippen molar-refractivity contribution in [1.82, 2.24) is 4.90 Å². The van der Waals surface area contributed by atoms with Gasteiger partial charge in [0.15, 0.2) is 0 Å². The van der Waals surface area contributed by atoms with Gasteiger partial charge >= 0.3 is 0 Å². The van der Waals surface area contributed by atoms with Gasteiger partial charge in [-0.2, -0.15) is 0 Å². The van der Waals surface area contributed by atoms with Crippen LogP contribution < -0.4 is 0 Å². The third-order valence-corrected chi connectivity index (χ3v) is 2.47. The Morgan fingerprint density at radius 1 is 1.27 bits per heavy atom. The number of hydrogen-bond donors (Lipinski definition) is 1. The van der Waals surface area contributed by atoms with Gasteiger partial charge in [0.1, 0.15) is 0 Å². The van der Waals surface area contributed by atoms with E-state index in [-0.39, 0.29) is 6.10 Å². The van der Waals surface area contributed by atoms with E-state index in [0.29, 0.717) is 5.92 Å². The lowest BCUT2D eigenvalue weighted by atomic mass is 9.86. The van der Waals surface area contributed by atoms with Crippen LogP contribution >= 0.6 is 0 Å². The molecule has 0 bridgehead atoms. The van der Waals surface area contributed by atoms with Crippen molar-refractivity contribution >= 4 is 0 Å². The number of aliphatic hydroxyl groups excluding tert-OH is 1. The number of rotatable bonds is 2. The lowest BCUT2D eigenvalue weighted by molar-refractivity contribution is 0.0555. The molecule has 0 spiro atoms. The van der Waals surface area contributed by atoms with Crippen LogP contribution in [0.1, 0.15) is 25.7 Å². The van der Waals surface area contributed by atoms with E-state index in [0.717, 1.165) is 13.0 Å². The SMILES string of the molecule is CN(C)CC1CCCCC1O. The van der Waals surface area contributed by atoms with E-state index in [9.17, 15) is 5.11 Å². The van der Waals surface area contributed by atoms with Crippen LogP contribution in [0.15, 0.2) is 0 Å². The summed E-state index contributed by atoms with van der Waals surface area (Å²) in [6, 6.07) is 0. The molecule has 1 aliphatic carbocycles. The molecule has 0 aromatic heterocycles. The van der Waals surface area contributed by atoms with Gasteiger partial charge in [-0.3, -0.25) is 0 Å². The second kappa shape index (κ2) is 4.07. The zero-order valence-corrected chi connectivity index (χ0v) is 7.58. The van der Waals surface area contributed by atoms with Crippen molar-refractivity contribution < 1.29 is 5.11 Å². The first kappa shape index (κ1) is 9.01. The Labute approximate surface area is 69.2 Å². The summed E-state index contributed by atoms with van der Waals surface area (Å²) in [6.07, 6.45) is 4.70. The lowest BCUT2D eigenvalue weighted by Crippen LogP contribution is -2.33.